The molecule has 0 spiro atoms. The fourth-order valence-electron chi connectivity index (χ4n) is 4.23. The summed E-state index contributed by atoms with van der Waals surface area (Å²) in [6.45, 7) is 2.41. The molecule has 0 saturated heterocycles. The zero-order valence-corrected chi connectivity index (χ0v) is 22.2. The van der Waals surface area contributed by atoms with Crippen molar-refractivity contribution in [1.82, 2.24) is 0 Å². The van der Waals surface area contributed by atoms with E-state index in [1.165, 1.54) is 89.9 Å². The monoisotopic (exact) mass is 520 g/mol. The van der Waals surface area contributed by atoms with Gasteiger partial charge in [-0.2, -0.15) is 13.2 Å². The highest BCUT2D eigenvalue weighted by Crippen LogP contribution is 2.30. The number of aliphatic hydroxyl groups excluding tert-OH is 1. The molecule has 0 radical (unpaired) electrons. The summed E-state index contributed by atoms with van der Waals surface area (Å²) >= 11 is 0. The second-order valence-corrected chi connectivity index (χ2v) is 9.84. The van der Waals surface area contributed by atoms with E-state index < -0.39 is 23.7 Å². The maximum atomic E-state index is 13.5. The molecule has 0 saturated carbocycles. The van der Waals surface area contributed by atoms with E-state index in [0.29, 0.717) is 12.7 Å². The first-order chi connectivity index (χ1) is 17.4. The lowest BCUT2D eigenvalue weighted by Gasteiger charge is -2.16. The van der Waals surface area contributed by atoms with Gasteiger partial charge in [-0.1, -0.05) is 103 Å². The van der Waals surface area contributed by atoms with Gasteiger partial charge >= 0.3 is 6.18 Å². The van der Waals surface area contributed by atoms with E-state index in [9.17, 15) is 22.7 Å². The van der Waals surface area contributed by atoms with Gasteiger partial charge in [-0.05, 0) is 30.2 Å². The van der Waals surface area contributed by atoms with Crippen molar-refractivity contribution in [2.45, 2.75) is 129 Å². The van der Waals surface area contributed by atoms with E-state index in [4.69, 9.17) is 9.47 Å². The van der Waals surface area contributed by atoms with Crippen molar-refractivity contribution in [3.8, 4) is 0 Å². The van der Waals surface area contributed by atoms with Crippen molar-refractivity contribution in [1.29, 1.82) is 0 Å². The Kier molecular flexibility index (Phi) is 19.0. The van der Waals surface area contributed by atoms with Gasteiger partial charge in [-0.25, -0.2) is 4.39 Å². The van der Waals surface area contributed by atoms with Gasteiger partial charge < -0.3 is 14.6 Å². The molecule has 1 rings (SSSR count). The third kappa shape index (κ3) is 17.3. The molecule has 7 heteroatoms. The Bertz CT molecular complexity index is 652. The van der Waals surface area contributed by atoms with Crippen LogP contribution in [0.4, 0.5) is 17.6 Å². The fourth-order valence-corrected chi connectivity index (χ4v) is 4.23. The van der Waals surface area contributed by atoms with Crippen LogP contribution in [-0.4, -0.2) is 31.0 Å². The number of hydrogen-bond acceptors (Lipinski definition) is 3. The molecule has 1 N–H and O–H groups in total. The van der Waals surface area contributed by atoms with Crippen LogP contribution >= 0.6 is 0 Å². The van der Waals surface area contributed by atoms with Crippen LogP contribution in [0, 0.1) is 5.82 Å². The molecule has 3 nitrogen and oxygen atoms in total. The third-order valence-electron chi connectivity index (χ3n) is 6.42. The second kappa shape index (κ2) is 20.8. The van der Waals surface area contributed by atoms with Crippen molar-refractivity contribution < 1.29 is 32.1 Å². The first kappa shape index (κ1) is 32.8. The van der Waals surface area contributed by atoms with Gasteiger partial charge in [0.1, 0.15) is 11.9 Å². The summed E-state index contributed by atoms with van der Waals surface area (Å²) in [5.74, 6) is -0.969. The molecule has 36 heavy (non-hydrogen) atoms. The summed E-state index contributed by atoms with van der Waals surface area (Å²) in [5.41, 5.74) is -0.986. The molecule has 0 heterocycles. The number of unbranched alkanes of at least 4 members (excludes halogenated alkanes) is 15. The van der Waals surface area contributed by atoms with Crippen LogP contribution in [0.5, 0.6) is 0 Å². The maximum absolute atomic E-state index is 13.5. The van der Waals surface area contributed by atoms with Crippen LogP contribution in [0.2, 0.25) is 0 Å². The van der Waals surface area contributed by atoms with Gasteiger partial charge in [-0.15, -0.1) is 0 Å². The van der Waals surface area contributed by atoms with E-state index in [-0.39, 0.29) is 25.4 Å². The summed E-state index contributed by atoms with van der Waals surface area (Å²) in [7, 11) is 0. The average molecular weight is 521 g/mol. The summed E-state index contributed by atoms with van der Waals surface area (Å²) in [6, 6.07) is 2.31. The summed E-state index contributed by atoms with van der Waals surface area (Å²) < 4.78 is 62.9. The molecule has 1 atom stereocenters. The minimum Gasteiger partial charge on any atom is -0.394 e. The van der Waals surface area contributed by atoms with Gasteiger partial charge in [-0.3, -0.25) is 0 Å². The van der Waals surface area contributed by atoms with Crippen molar-refractivity contribution in [2.24, 2.45) is 0 Å². The predicted molar refractivity (Wildman–Crippen MR) is 137 cm³/mol. The number of halogens is 4. The average Bonchev–Trinajstić information content (AvgIpc) is 2.84. The molecule has 0 fully saturated rings. The summed E-state index contributed by atoms with van der Waals surface area (Å²) in [6.07, 6.45) is 15.5. The van der Waals surface area contributed by atoms with Crippen LogP contribution in [0.15, 0.2) is 18.2 Å². The quantitative estimate of drug-likeness (QED) is 0.116. The van der Waals surface area contributed by atoms with Crippen LogP contribution in [0.25, 0.3) is 0 Å². The molecular weight excluding hydrogens is 472 g/mol. The molecule has 0 aliphatic heterocycles. The molecule has 0 aromatic heterocycles. The molecule has 0 unspecified atom stereocenters. The van der Waals surface area contributed by atoms with Gasteiger partial charge in [0.25, 0.3) is 0 Å². The molecular formula is C29H48F4O3. The Morgan fingerprint density at radius 2 is 1.25 bits per heavy atom. The van der Waals surface area contributed by atoms with Crippen LogP contribution < -0.4 is 0 Å². The summed E-state index contributed by atoms with van der Waals surface area (Å²) in [4.78, 5) is 0. The van der Waals surface area contributed by atoms with Crippen LogP contribution in [-0.2, 0) is 22.3 Å². The van der Waals surface area contributed by atoms with E-state index in [1.54, 1.807) is 0 Å². The van der Waals surface area contributed by atoms with Crippen molar-refractivity contribution in [3.63, 3.8) is 0 Å². The first-order valence-electron chi connectivity index (χ1n) is 14.0. The zero-order chi connectivity index (χ0) is 26.5. The smallest absolute Gasteiger partial charge is 0.394 e. The van der Waals surface area contributed by atoms with E-state index in [1.807, 2.05) is 0 Å². The SMILES string of the molecule is CCCCCCCCCCCCCCCCCCOC[C@H](CO)OCc1cc(F)cc(C(F)(F)F)c1. The lowest BCUT2D eigenvalue weighted by atomic mass is 10.0. The lowest BCUT2D eigenvalue weighted by Crippen LogP contribution is -2.24. The highest BCUT2D eigenvalue weighted by Gasteiger charge is 2.31. The number of hydrogen-bond donors (Lipinski definition) is 1. The number of aliphatic hydroxyl groups is 1. The van der Waals surface area contributed by atoms with Crippen molar-refractivity contribution in [3.05, 3.63) is 35.1 Å². The summed E-state index contributed by atoms with van der Waals surface area (Å²) in [5, 5.41) is 9.43. The first-order valence-corrected chi connectivity index (χ1v) is 14.0. The number of benzene rings is 1. The number of rotatable bonds is 23. The normalized spacial score (nSPS) is 12.8. The van der Waals surface area contributed by atoms with E-state index in [0.717, 1.165) is 25.0 Å². The Hall–Kier alpha value is -1.18. The standard InChI is InChI=1S/C29H48F4O3/c1-2-3-4-5-6-7-8-9-10-11-12-13-14-15-16-17-18-35-24-28(22-34)36-23-25-19-26(29(31,32)33)21-27(30)20-25/h19-21,28,34H,2-18,22-24H2,1H3/t28-/m0/s1. The Labute approximate surface area is 216 Å². The largest absolute Gasteiger partial charge is 0.416 e. The third-order valence-corrected chi connectivity index (χ3v) is 6.42. The molecule has 210 valence electrons. The highest BCUT2D eigenvalue weighted by atomic mass is 19.4. The zero-order valence-electron chi connectivity index (χ0n) is 22.2. The van der Waals surface area contributed by atoms with Gasteiger partial charge in [0.15, 0.2) is 0 Å². The number of alkyl halides is 3. The van der Waals surface area contributed by atoms with Crippen LogP contribution in [0.3, 0.4) is 0 Å². The number of ether oxygens (including phenoxy) is 2. The van der Waals surface area contributed by atoms with E-state index in [2.05, 4.69) is 6.92 Å². The van der Waals surface area contributed by atoms with Gasteiger partial charge in [0, 0.05) is 6.61 Å². The maximum Gasteiger partial charge on any atom is 0.416 e. The molecule has 0 bridgehead atoms. The molecule has 1 aromatic rings. The Morgan fingerprint density at radius 1 is 0.750 bits per heavy atom. The fraction of sp³-hybridized carbons (Fsp3) is 0.793. The molecule has 0 aliphatic carbocycles. The Morgan fingerprint density at radius 3 is 1.72 bits per heavy atom. The second-order valence-electron chi connectivity index (χ2n) is 9.84. The highest BCUT2D eigenvalue weighted by molar-refractivity contribution is 5.26. The van der Waals surface area contributed by atoms with Crippen molar-refractivity contribution >= 4 is 0 Å². The minimum absolute atomic E-state index is 0.0681. The minimum atomic E-state index is -4.62. The lowest BCUT2D eigenvalue weighted by molar-refractivity contribution is -0.137. The van der Waals surface area contributed by atoms with Gasteiger partial charge in [0.05, 0.1) is 25.4 Å². The van der Waals surface area contributed by atoms with Gasteiger partial charge in [0.2, 0.25) is 0 Å². The molecule has 0 amide bonds. The molecule has 1 aromatic carbocycles. The molecule has 0 aliphatic rings. The van der Waals surface area contributed by atoms with Crippen molar-refractivity contribution in [2.75, 3.05) is 19.8 Å². The van der Waals surface area contributed by atoms with Crippen LogP contribution in [0.1, 0.15) is 121 Å². The van der Waals surface area contributed by atoms with E-state index >= 15 is 0 Å². The Balaban J connectivity index is 1.96. The predicted octanol–water partition coefficient (Wildman–Crippen LogP) is 9.00. The topological polar surface area (TPSA) is 38.7 Å².